The van der Waals surface area contributed by atoms with E-state index in [1.165, 1.54) is 0 Å². The van der Waals surface area contributed by atoms with E-state index in [-0.39, 0.29) is 5.91 Å². The van der Waals surface area contributed by atoms with Crippen LogP contribution in [0.25, 0.3) is 0 Å². The lowest BCUT2D eigenvalue weighted by Crippen LogP contribution is -2.32. The fraction of sp³-hybridized carbons (Fsp3) is 0.500. The van der Waals surface area contributed by atoms with Gasteiger partial charge in [0.15, 0.2) is 5.82 Å². The minimum absolute atomic E-state index is 0.0145. The van der Waals surface area contributed by atoms with E-state index < -0.39 is 0 Å². The smallest absolute Gasteiger partial charge is 0.225 e. The molecule has 5 heteroatoms. The molecule has 0 spiro atoms. The molecule has 1 amide bonds. The number of anilines is 1. The van der Waals surface area contributed by atoms with E-state index in [1.807, 2.05) is 0 Å². The van der Waals surface area contributed by atoms with Crippen LogP contribution >= 0.6 is 11.6 Å². The van der Waals surface area contributed by atoms with Crippen molar-refractivity contribution in [1.82, 2.24) is 10.3 Å². The molecule has 1 unspecified atom stereocenters. The van der Waals surface area contributed by atoms with Crippen LogP contribution < -0.4 is 10.6 Å². The number of nitrogens with zero attached hydrogens (tertiary/aromatic N) is 1. The number of carbonyl (C=O) groups excluding carboxylic acids is 1. The zero-order chi connectivity index (χ0) is 12.1. The van der Waals surface area contributed by atoms with Crippen LogP contribution in [0.1, 0.15) is 19.3 Å². The normalized spacial score (nSPS) is 19.9. The van der Waals surface area contributed by atoms with Gasteiger partial charge >= 0.3 is 0 Å². The van der Waals surface area contributed by atoms with Crippen LogP contribution in [0.2, 0.25) is 5.02 Å². The van der Waals surface area contributed by atoms with Gasteiger partial charge in [-0.15, -0.1) is 0 Å². The first-order chi connectivity index (χ1) is 8.25. The molecule has 4 nitrogen and oxygen atoms in total. The Morgan fingerprint density at radius 3 is 3.24 bits per heavy atom. The first kappa shape index (κ1) is 12.3. The molecule has 0 aliphatic carbocycles. The molecular weight excluding hydrogens is 238 g/mol. The standard InChI is InChI=1S/C12H16ClN3O/c13-10-4-2-6-15-12(10)16-11(17)7-9-3-1-5-14-8-9/h2,4,6,9,14H,1,3,5,7-8H2,(H,15,16,17). The molecule has 0 radical (unpaired) electrons. The zero-order valence-electron chi connectivity index (χ0n) is 9.58. The van der Waals surface area contributed by atoms with Gasteiger partial charge in [-0.3, -0.25) is 4.79 Å². The number of piperidine rings is 1. The van der Waals surface area contributed by atoms with Crippen molar-refractivity contribution in [2.24, 2.45) is 5.92 Å². The summed E-state index contributed by atoms with van der Waals surface area (Å²) < 4.78 is 0. The van der Waals surface area contributed by atoms with Crippen molar-refractivity contribution >= 4 is 23.3 Å². The third-order valence-electron chi connectivity index (χ3n) is 2.89. The molecule has 2 N–H and O–H groups in total. The average Bonchev–Trinajstić information content (AvgIpc) is 2.33. The van der Waals surface area contributed by atoms with E-state index in [1.54, 1.807) is 18.3 Å². The summed E-state index contributed by atoms with van der Waals surface area (Å²) in [7, 11) is 0. The Bertz CT molecular complexity index is 391. The molecule has 2 heterocycles. The summed E-state index contributed by atoms with van der Waals surface area (Å²) in [6, 6.07) is 3.45. The van der Waals surface area contributed by atoms with Crippen molar-refractivity contribution in [1.29, 1.82) is 0 Å². The molecule has 0 bridgehead atoms. The molecule has 1 aliphatic rings. The summed E-state index contributed by atoms with van der Waals surface area (Å²) in [5, 5.41) is 6.52. The second-order valence-electron chi connectivity index (χ2n) is 4.30. The highest BCUT2D eigenvalue weighted by atomic mass is 35.5. The van der Waals surface area contributed by atoms with E-state index >= 15 is 0 Å². The van der Waals surface area contributed by atoms with Crippen molar-refractivity contribution < 1.29 is 4.79 Å². The minimum atomic E-state index is -0.0145. The lowest BCUT2D eigenvalue weighted by molar-refractivity contribution is -0.117. The van der Waals surface area contributed by atoms with Gasteiger partial charge in [-0.25, -0.2) is 4.98 Å². The summed E-state index contributed by atoms with van der Waals surface area (Å²) >= 11 is 5.92. The Labute approximate surface area is 106 Å². The van der Waals surface area contributed by atoms with Gasteiger partial charge in [-0.2, -0.15) is 0 Å². The summed E-state index contributed by atoms with van der Waals surface area (Å²) in [4.78, 5) is 15.8. The van der Waals surface area contributed by atoms with Gasteiger partial charge in [-0.05, 0) is 44.0 Å². The molecule has 0 aromatic carbocycles. The maximum Gasteiger partial charge on any atom is 0.225 e. The molecule has 1 aliphatic heterocycles. The van der Waals surface area contributed by atoms with Gasteiger partial charge in [0.25, 0.3) is 0 Å². The first-order valence-corrected chi connectivity index (χ1v) is 6.24. The molecular formula is C12H16ClN3O. The molecule has 17 heavy (non-hydrogen) atoms. The Morgan fingerprint density at radius 1 is 1.65 bits per heavy atom. The Morgan fingerprint density at radius 2 is 2.53 bits per heavy atom. The lowest BCUT2D eigenvalue weighted by Gasteiger charge is -2.22. The summed E-state index contributed by atoms with van der Waals surface area (Å²) in [5.41, 5.74) is 0. The molecule has 0 saturated carbocycles. The highest BCUT2D eigenvalue weighted by Gasteiger charge is 2.17. The number of nitrogens with one attached hydrogen (secondary N) is 2. The SMILES string of the molecule is O=C(CC1CCCNC1)Nc1ncccc1Cl. The van der Waals surface area contributed by atoms with E-state index in [4.69, 9.17) is 11.6 Å². The first-order valence-electron chi connectivity index (χ1n) is 5.87. The van der Waals surface area contributed by atoms with Gasteiger partial charge in [-0.1, -0.05) is 11.6 Å². The van der Waals surface area contributed by atoms with E-state index in [2.05, 4.69) is 15.6 Å². The Balaban J connectivity index is 1.86. The molecule has 1 fully saturated rings. The van der Waals surface area contributed by atoms with Crippen molar-refractivity contribution in [3.63, 3.8) is 0 Å². The average molecular weight is 254 g/mol. The van der Waals surface area contributed by atoms with Crippen LogP contribution in [-0.4, -0.2) is 24.0 Å². The number of hydrogen-bond donors (Lipinski definition) is 2. The molecule has 92 valence electrons. The lowest BCUT2D eigenvalue weighted by atomic mass is 9.96. The highest BCUT2D eigenvalue weighted by Crippen LogP contribution is 2.19. The molecule has 1 atom stereocenters. The number of aromatic nitrogens is 1. The fourth-order valence-corrected chi connectivity index (χ4v) is 2.19. The van der Waals surface area contributed by atoms with Gasteiger partial charge < -0.3 is 10.6 Å². The highest BCUT2D eigenvalue weighted by molar-refractivity contribution is 6.33. The second-order valence-corrected chi connectivity index (χ2v) is 4.71. The maximum absolute atomic E-state index is 11.8. The van der Waals surface area contributed by atoms with Crippen LogP contribution in [-0.2, 0) is 4.79 Å². The van der Waals surface area contributed by atoms with Crippen LogP contribution in [0, 0.1) is 5.92 Å². The maximum atomic E-state index is 11.8. The molecule has 1 saturated heterocycles. The molecule has 2 rings (SSSR count). The van der Waals surface area contributed by atoms with Crippen molar-refractivity contribution in [2.75, 3.05) is 18.4 Å². The van der Waals surface area contributed by atoms with Crippen LogP contribution in [0.4, 0.5) is 5.82 Å². The number of amides is 1. The van der Waals surface area contributed by atoms with Crippen molar-refractivity contribution in [3.8, 4) is 0 Å². The quantitative estimate of drug-likeness (QED) is 0.867. The van der Waals surface area contributed by atoms with E-state index in [9.17, 15) is 4.79 Å². The van der Waals surface area contributed by atoms with E-state index in [0.29, 0.717) is 23.2 Å². The third-order valence-corrected chi connectivity index (χ3v) is 3.19. The number of hydrogen-bond acceptors (Lipinski definition) is 3. The largest absolute Gasteiger partial charge is 0.316 e. The van der Waals surface area contributed by atoms with Gasteiger partial charge in [0, 0.05) is 12.6 Å². The van der Waals surface area contributed by atoms with Gasteiger partial charge in [0.2, 0.25) is 5.91 Å². The number of carbonyl (C=O) groups is 1. The Kier molecular flexibility index (Phi) is 4.34. The van der Waals surface area contributed by atoms with Crippen LogP contribution in [0.15, 0.2) is 18.3 Å². The van der Waals surface area contributed by atoms with E-state index in [0.717, 1.165) is 25.9 Å². The number of rotatable bonds is 3. The summed E-state index contributed by atoms with van der Waals surface area (Å²) in [6.07, 6.45) is 4.39. The van der Waals surface area contributed by atoms with Crippen LogP contribution in [0.3, 0.4) is 0 Å². The minimum Gasteiger partial charge on any atom is -0.316 e. The molecule has 1 aromatic heterocycles. The predicted octanol–water partition coefficient (Wildman–Crippen LogP) is 2.06. The van der Waals surface area contributed by atoms with Crippen molar-refractivity contribution in [2.45, 2.75) is 19.3 Å². The fourth-order valence-electron chi connectivity index (χ4n) is 2.02. The predicted molar refractivity (Wildman–Crippen MR) is 68.1 cm³/mol. The van der Waals surface area contributed by atoms with Crippen LogP contribution in [0.5, 0.6) is 0 Å². The Hall–Kier alpha value is -1.13. The molecule has 1 aromatic rings. The van der Waals surface area contributed by atoms with Crippen molar-refractivity contribution in [3.05, 3.63) is 23.4 Å². The third kappa shape index (κ3) is 3.68. The van der Waals surface area contributed by atoms with Gasteiger partial charge in [0.1, 0.15) is 0 Å². The van der Waals surface area contributed by atoms with Gasteiger partial charge in [0.05, 0.1) is 5.02 Å². The second kappa shape index (κ2) is 5.98. The monoisotopic (exact) mass is 253 g/mol. The summed E-state index contributed by atoms with van der Waals surface area (Å²) in [5.74, 6) is 0.855. The number of pyridine rings is 1. The zero-order valence-corrected chi connectivity index (χ0v) is 10.3. The topological polar surface area (TPSA) is 54.0 Å². The summed E-state index contributed by atoms with van der Waals surface area (Å²) in [6.45, 7) is 1.98. The number of halogens is 1.